The Balaban J connectivity index is 2.56. The first kappa shape index (κ1) is 13.4. The van der Waals surface area contributed by atoms with E-state index in [4.69, 9.17) is 10.5 Å². The molecule has 2 N–H and O–H groups in total. The molecule has 100 valence electrons. The van der Waals surface area contributed by atoms with E-state index in [1.54, 1.807) is 6.92 Å². The van der Waals surface area contributed by atoms with Crippen molar-refractivity contribution in [1.29, 1.82) is 0 Å². The van der Waals surface area contributed by atoms with Gasteiger partial charge in [0.1, 0.15) is 22.2 Å². The fourth-order valence-electron chi connectivity index (χ4n) is 1.53. The molecule has 4 nitrogen and oxygen atoms in total. The number of aromatic nitrogens is 1. The number of halogens is 2. The second-order valence-electron chi connectivity index (χ2n) is 3.57. The van der Waals surface area contributed by atoms with E-state index in [1.165, 1.54) is 0 Å². The van der Waals surface area contributed by atoms with Crippen LogP contribution in [-0.2, 0) is 4.74 Å². The number of anilines is 1. The van der Waals surface area contributed by atoms with Gasteiger partial charge in [-0.05, 0) is 25.1 Å². The lowest BCUT2D eigenvalue weighted by atomic mass is 10.1. The molecular weight excluding hydrogens is 274 g/mol. The van der Waals surface area contributed by atoms with E-state index in [0.717, 1.165) is 29.5 Å². The Morgan fingerprint density at radius 3 is 2.89 bits per heavy atom. The normalized spacial score (nSPS) is 10.5. The Morgan fingerprint density at radius 2 is 2.21 bits per heavy atom. The maximum Gasteiger partial charge on any atom is 0.350 e. The van der Waals surface area contributed by atoms with E-state index in [-0.39, 0.29) is 27.9 Å². The lowest BCUT2D eigenvalue weighted by Crippen LogP contribution is -2.04. The van der Waals surface area contributed by atoms with Crippen molar-refractivity contribution >= 4 is 22.4 Å². The first-order valence-electron chi connectivity index (χ1n) is 5.41. The molecule has 0 fully saturated rings. The summed E-state index contributed by atoms with van der Waals surface area (Å²) in [4.78, 5) is 15.7. The molecule has 0 aliphatic carbocycles. The number of hydrogen-bond acceptors (Lipinski definition) is 5. The summed E-state index contributed by atoms with van der Waals surface area (Å²) in [6.07, 6.45) is 0. The molecule has 2 rings (SSSR count). The number of carbonyl (C=O) groups is 1. The molecule has 1 heterocycles. The number of benzene rings is 1. The minimum atomic E-state index is -0.683. The summed E-state index contributed by atoms with van der Waals surface area (Å²) in [5, 5.41) is 0.0849. The Bertz CT molecular complexity index is 628. The highest BCUT2D eigenvalue weighted by Crippen LogP contribution is 2.32. The molecule has 2 aromatic rings. The molecule has 0 saturated carbocycles. The lowest BCUT2D eigenvalue weighted by Gasteiger charge is -2.03. The van der Waals surface area contributed by atoms with Gasteiger partial charge in [-0.25, -0.2) is 18.6 Å². The van der Waals surface area contributed by atoms with Gasteiger partial charge in [0, 0.05) is 5.56 Å². The van der Waals surface area contributed by atoms with E-state index in [9.17, 15) is 13.6 Å². The number of nitrogens with zero attached hydrogens (tertiary/aromatic N) is 1. The quantitative estimate of drug-likeness (QED) is 0.880. The van der Waals surface area contributed by atoms with E-state index in [2.05, 4.69) is 4.98 Å². The van der Waals surface area contributed by atoms with Crippen LogP contribution in [0.3, 0.4) is 0 Å². The van der Waals surface area contributed by atoms with Gasteiger partial charge in [-0.1, -0.05) is 11.3 Å². The lowest BCUT2D eigenvalue weighted by molar-refractivity contribution is 0.0532. The summed E-state index contributed by atoms with van der Waals surface area (Å²) in [6, 6.07) is 2.92. The van der Waals surface area contributed by atoms with Crippen LogP contribution in [0.2, 0.25) is 0 Å². The summed E-state index contributed by atoms with van der Waals surface area (Å²) in [5.41, 5.74) is 5.41. The molecule has 0 amide bonds. The van der Waals surface area contributed by atoms with Crippen molar-refractivity contribution < 1.29 is 18.3 Å². The van der Waals surface area contributed by atoms with Gasteiger partial charge < -0.3 is 10.5 Å². The van der Waals surface area contributed by atoms with Crippen LogP contribution in [0, 0.1) is 11.6 Å². The number of thiazole rings is 1. The number of rotatable bonds is 3. The number of nitrogen functional groups attached to an aromatic ring is 1. The van der Waals surface area contributed by atoms with Crippen molar-refractivity contribution in [3.8, 4) is 11.3 Å². The second-order valence-corrected chi connectivity index (χ2v) is 4.61. The molecular formula is C12H10F2N2O2S. The van der Waals surface area contributed by atoms with Crippen molar-refractivity contribution in [3.63, 3.8) is 0 Å². The van der Waals surface area contributed by atoms with Crippen LogP contribution >= 0.6 is 11.3 Å². The summed E-state index contributed by atoms with van der Waals surface area (Å²) in [6.45, 7) is 1.81. The van der Waals surface area contributed by atoms with Gasteiger partial charge in [0.15, 0.2) is 5.13 Å². The molecule has 0 aliphatic heterocycles. The highest BCUT2D eigenvalue weighted by molar-refractivity contribution is 7.17. The molecule has 7 heteroatoms. The summed E-state index contributed by atoms with van der Waals surface area (Å²) in [7, 11) is 0. The Labute approximate surface area is 111 Å². The summed E-state index contributed by atoms with van der Waals surface area (Å²) >= 11 is 0.875. The molecule has 0 spiro atoms. The average Bonchev–Trinajstić information content (AvgIpc) is 2.75. The predicted molar refractivity (Wildman–Crippen MR) is 67.8 cm³/mol. The number of esters is 1. The van der Waals surface area contributed by atoms with E-state index < -0.39 is 17.6 Å². The largest absolute Gasteiger partial charge is 0.462 e. The van der Waals surface area contributed by atoms with Gasteiger partial charge in [0.2, 0.25) is 0 Å². The minimum absolute atomic E-state index is 0.00190. The topological polar surface area (TPSA) is 65.2 Å². The van der Waals surface area contributed by atoms with Gasteiger partial charge >= 0.3 is 5.97 Å². The Morgan fingerprint density at radius 1 is 1.47 bits per heavy atom. The van der Waals surface area contributed by atoms with E-state index in [0.29, 0.717) is 0 Å². The number of hydrogen-bond donors (Lipinski definition) is 1. The molecule has 0 radical (unpaired) electrons. The van der Waals surface area contributed by atoms with Gasteiger partial charge in [0.05, 0.1) is 6.61 Å². The molecule has 1 aromatic carbocycles. The van der Waals surface area contributed by atoms with Crippen LogP contribution < -0.4 is 5.73 Å². The minimum Gasteiger partial charge on any atom is -0.462 e. The third-order valence-corrected chi connectivity index (χ3v) is 3.15. The van der Waals surface area contributed by atoms with Gasteiger partial charge in [-0.2, -0.15) is 0 Å². The van der Waals surface area contributed by atoms with E-state index in [1.807, 2.05) is 0 Å². The van der Waals surface area contributed by atoms with Gasteiger partial charge in [-0.15, -0.1) is 0 Å². The van der Waals surface area contributed by atoms with Crippen LogP contribution in [0.15, 0.2) is 18.2 Å². The maximum atomic E-state index is 13.7. The Hall–Kier alpha value is -2.02. The fourth-order valence-corrected chi connectivity index (χ4v) is 2.27. The zero-order valence-corrected chi connectivity index (χ0v) is 10.8. The zero-order valence-electron chi connectivity index (χ0n) is 9.94. The molecule has 0 unspecified atom stereocenters. The number of carbonyl (C=O) groups excluding carboxylic acids is 1. The Kier molecular flexibility index (Phi) is 3.75. The molecule has 0 saturated heterocycles. The van der Waals surface area contributed by atoms with Gasteiger partial charge in [0.25, 0.3) is 0 Å². The molecule has 19 heavy (non-hydrogen) atoms. The van der Waals surface area contributed by atoms with E-state index >= 15 is 0 Å². The summed E-state index contributed by atoms with van der Waals surface area (Å²) < 4.78 is 31.7. The van der Waals surface area contributed by atoms with Crippen molar-refractivity contribution in [1.82, 2.24) is 4.98 Å². The molecule has 0 bridgehead atoms. The van der Waals surface area contributed by atoms with Crippen LogP contribution in [0.1, 0.15) is 16.6 Å². The van der Waals surface area contributed by atoms with Crippen LogP contribution in [0.4, 0.5) is 13.9 Å². The maximum absolute atomic E-state index is 13.7. The highest BCUT2D eigenvalue weighted by atomic mass is 32.1. The fraction of sp³-hybridized carbons (Fsp3) is 0.167. The smallest absolute Gasteiger partial charge is 0.350 e. The predicted octanol–water partition coefficient (Wildman–Crippen LogP) is 2.85. The van der Waals surface area contributed by atoms with Crippen molar-refractivity contribution in [2.45, 2.75) is 6.92 Å². The highest BCUT2D eigenvalue weighted by Gasteiger charge is 2.22. The standard InChI is InChI=1S/C12H10F2N2O2S/c1-2-18-11(17)10-9(16-12(15)19-10)7-5-6(13)3-4-8(7)14/h3-5H,2H2,1H3,(H2,15,16). The number of nitrogens with two attached hydrogens (primary N) is 1. The summed E-state index contributed by atoms with van der Waals surface area (Å²) in [5.74, 6) is -1.97. The molecule has 0 atom stereocenters. The first-order valence-corrected chi connectivity index (χ1v) is 6.23. The van der Waals surface area contributed by atoms with Crippen molar-refractivity contribution in [3.05, 3.63) is 34.7 Å². The zero-order chi connectivity index (χ0) is 14.0. The third kappa shape index (κ3) is 2.70. The monoisotopic (exact) mass is 284 g/mol. The van der Waals surface area contributed by atoms with Crippen LogP contribution in [-0.4, -0.2) is 17.6 Å². The van der Waals surface area contributed by atoms with Crippen LogP contribution in [0.5, 0.6) is 0 Å². The average molecular weight is 284 g/mol. The second kappa shape index (κ2) is 5.31. The van der Waals surface area contributed by atoms with Crippen molar-refractivity contribution in [2.75, 3.05) is 12.3 Å². The molecule has 1 aromatic heterocycles. The van der Waals surface area contributed by atoms with Crippen LogP contribution in [0.25, 0.3) is 11.3 Å². The SMILES string of the molecule is CCOC(=O)c1sc(N)nc1-c1cc(F)ccc1F. The number of ether oxygens (including phenoxy) is 1. The first-order chi connectivity index (χ1) is 9.02. The van der Waals surface area contributed by atoms with Gasteiger partial charge in [-0.3, -0.25) is 0 Å². The molecule has 0 aliphatic rings. The van der Waals surface area contributed by atoms with Crippen molar-refractivity contribution in [2.24, 2.45) is 0 Å². The third-order valence-electron chi connectivity index (χ3n) is 2.29.